The summed E-state index contributed by atoms with van der Waals surface area (Å²) >= 11 is 4.62. The number of rotatable bonds is 2. The highest BCUT2D eigenvalue weighted by Gasteiger charge is 2.12. The molecule has 0 bridgehead atoms. The molecule has 0 amide bonds. The van der Waals surface area contributed by atoms with Gasteiger partial charge in [0.25, 0.3) is 0 Å². The van der Waals surface area contributed by atoms with Crippen molar-refractivity contribution in [3.05, 3.63) is 34.0 Å². The first kappa shape index (κ1) is 10.6. The Balaban J connectivity index is 2.53. The summed E-state index contributed by atoms with van der Waals surface area (Å²) in [5.41, 5.74) is 0.463. The Morgan fingerprint density at radius 3 is 2.87 bits per heavy atom. The summed E-state index contributed by atoms with van der Waals surface area (Å²) < 4.78 is 19.4. The van der Waals surface area contributed by atoms with Gasteiger partial charge in [0.2, 0.25) is 0 Å². The van der Waals surface area contributed by atoms with Crippen molar-refractivity contribution in [3.8, 4) is 16.3 Å². The normalized spacial score (nSPS) is 10.3. The van der Waals surface area contributed by atoms with E-state index in [1.807, 2.05) is 5.38 Å². The molecule has 0 aliphatic heterocycles. The molecule has 2 rings (SSSR count). The highest BCUT2D eigenvalue weighted by atomic mass is 79.9. The van der Waals surface area contributed by atoms with Crippen molar-refractivity contribution in [2.45, 2.75) is 0 Å². The van der Waals surface area contributed by atoms with Crippen molar-refractivity contribution >= 4 is 27.3 Å². The van der Waals surface area contributed by atoms with Gasteiger partial charge in [-0.2, -0.15) is 0 Å². The predicted molar refractivity (Wildman–Crippen MR) is 61.8 cm³/mol. The van der Waals surface area contributed by atoms with Crippen LogP contribution in [0.15, 0.2) is 28.2 Å². The van der Waals surface area contributed by atoms with E-state index < -0.39 is 0 Å². The van der Waals surface area contributed by atoms with Crippen LogP contribution in [0.1, 0.15) is 0 Å². The van der Waals surface area contributed by atoms with Gasteiger partial charge in [-0.15, -0.1) is 11.3 Å². The third kappa shape index (κ3) is 2.03. The number of hydrogen-bond acceptors (Lipinski definition) is 3. The first-order valence-corrected chi connectivity index (χ1v) is 5.83. The van der Waals surface area contributed by atoms with Crippen molar-refractivity contribution in [3.63, 3.8) is 0 Å². The van der Waals surface area contributed by atoms with E-state index in [9.17, 15) is 4.39 Å². The van der Waals surface area contributed by atoms with Crippen molar-refractivity contribution in [1.82, 2.24) is 4.98 Å². The molecule has 0 N–H and O–H groups in total. The molecule has 15 heavy (non-hydrogen) atoms. The summed E-state index contributed by atoms with van der Waals surface area (Å²) in [6, 6.07) is 5.01. The number of hydrogen-bond donors (Lipinski definition) is 0. The summed E-state index contributed by atoms with van der Waals surface area (Å²) in [4.78, 5) is 4.16. The number of aromatic nitrogens is 1. The van der Waals surface area contributed by atoms with Gasteiger partial charge < -0.3 is 4.74 Å². The van der Waals surface area contributed by atoms with E-state index in [2.05, 4.69) is 20.9 Å². The maximum atomic E-state index is 13.8. The Hall–Kier alpha value is -0.940. The molecule has 0 atom stereocenters. The molecule has 1 heterocycles. The first-order chi connectivity index (χ1) is 7.22. The number of ether oxygens (including phenoxy) is 1. The molecule has 0 aliphatic carbocycles. The highest BCUT2D eigenvalue weighted by Crippen LogP contribution is 2.31. The lowest BCUT2D eigenvalue weighted by Gasteiger charge is -2.04. The molecule has 1 aromatic carbocycles. The monoisotopic (exact) mass is 287 g/mol. The maximum absolute atomic E-state index is 13.8. The minimum Gasteiger partial charge on any atom is -0.494 e. The van der Waals surface area contributed by atoms with E-state index in [0.29, 0.717) is 15.2 Å². The Morgan fingerprint density at radius 1 is 1.47 bits per heavy atom. The van der Waals surface area contributed by atoms with Gasteiger partial charge in [0.15, 0.2) is 11.6 Å². The van der Waals surface area contributed by atoms with Crippen molar-refractivity contribution < 1.29 is 9.13 Å². The van der Waals surface area contributed by atoms with Crippen LogP contribution in [-0.2, 0) is 0 Å². The summed E-state index contributed by atoms with van der Waals surface area (Å²) in [5, 5.41) is 2.45. The Labute approximate surface area is 98.9 Å². The number of halogens is 2. The molecule has 78 valence electrons. The third-order valence-electron chi connectivity index (χ3n) is 1.89. The van der Waals surface area contributed by atoms with Gasteiger partial charge in [-0.05, 0) is 28.1 Å². The molecule has 0 radical (unpaired) electrons. The van der Waals surface area contributed by atoms with Gasteiger partial charge in [-0.1, -0.05) is 6.07 Å². The largest absolute Gasteiger partial charge is 0.494 e. The van der Waals surface area contributed by atoms with E-state index in [1.54, 1.807) is 18.2 Å². The van der Waals surface area contributed by atoms with Crippen LogP contribution in [0.25, 0.3) is 10.6 Å². The first-order valence-electron chi connectivity index (χ1n) is 4.16. The zero-order chi connectivity index (χ0) is 10.8. The van der Waals surface area contributed by atoms with Crippen LogP contribution in [0.5, 0.6) is 5.75 Å². The van der Waals surface area contributed by atoms with Crippen molar-refractivity contribution in [2.75, 3.05) is 7.11 Å². The number of thiazole rings is 1. The topological polar surface area (TPSA) is 22.1 Å². The molecule has 0 aliphatic rings. The third-order valence-corrected chi connectivity index (χ3v) is 3.47. The van der Waals surface area contributed by atoms with Crippen LogP contribution in [0, 0.1) is 5.82 Å². The molecule has 2 aromatic rings. The van der Waals surface area contributed by atoms with E-state index in [0.717, 1.165) is 0 Å². The second-order valence-electron chi connectivity index (χ2n) is 2.80. The Bertz CT molecular complexity index is 486. The summed E-state index contributed by atoms with van der Waals surface area (Å²) in [6.45, 7) is 0. The number of benzene rings is 1. The zero-order valence-electron chi connectivity index (χ0n) is 7.83. The molecular formula is C10H7BrFNOS. The number of methoxy groups -OCH3 is 1. The highest BCUT2D eigenvalue weighted by molar-refractivity contribution is 9.10. The lowest BCUT2D eigenvalue weighted by Crippen LogP contribution is -1.90. The van der Waals surface area contributed by atoms with E-state index in [4.69, 9.17) is 4.74 Å². The van der Waals surface area contributed by atoms with Gasteiger partial charge in [0, 0.05) is 5.38 Å². The molecule has 1 aromatic heterocycles. The van der Waals surface area contributed by atoms with Gasteiger partial charge in [-0.3, -0.25) is 0 Å². The number of nitrogens with zero attached hydrogens (tertiary/aromatic N) is 1. The fourth-order valence-corrected chi connectivity index (χ4v) is 2.48. The lowest BCUT2D eigenvalue weighted by molar-refractivity contribution is 0.387. The van der Waals surface area contributed by atoms with Crippen molar-refractivity contribution in [2.24, 2.45) is 0 Å². The Kier molecular flexibility index (Phi) is 3.02. The maximum Gasteiger partial charge on any atom is 0.175 e. The smallest absolute Gasteiger partial charge is 0.175 e. The van der Waals surface area contributed by atoms with Gasteiger partial charge in [0.05, 0.1) is 12.7 Å². The van der Waals surface area contributed by atoms with E-state index >= 15 is 0 Å². The molecule has 0 saturated carbocycles. The fraction of sp³-hybridized carbons (Fsp3) is 0.100. The summed E-state index contributed by atoms with van der Waals surface area (Å²) in [7, 11) is 1.44. The average Bonchev–Trinajstić information content (AvgIpc) is 2.65. The summed E-state index contributed by atoms with van der Waals surface area (Å²) in [5.74, 6) is -0.138. The average molecular weight is 288 g/mol. The van der Waals surface area contributed by atoms with Crippen LogP contribution in [0.3, 0.4) is 0 Å². The SMILES string of the molecule is COc1cccc(-c2nc(Br)cs2)c1F. The van der Waals surface area contributed by atoms with Gasteiger partial charge >= 0.3 is 0 Å². The van der Waals surface area contributed by atoms with Gasteiger partial charge in [0.1, 0.15) is 9.61 Å². The van der Waals surface area contributed by atoms with Gasteiger partial charge in [-0.25, -0.2) is 9.37 Å². The molecular weight excluding hydrogens is 281 g/mol. The second-order valence-corrected chi connectivity index (χ2v) is 4.47. The quantitative estimate of drug-likeness (QED) is 0.840. The minimum absolute atomic E-state index is 0.235. The molecule has 0 spiro atoms. The van der Waals surface area contributed by atoms with Crippen LogP contribution in [0.2, 0.25) is 0 Å². The standard InChI is InChI=1S/C10H7BrFNOS/c1-14-7-4-2-3-6(9(7)12)10-13-8(11)5-15-10/h2-5H,1H3. The van der Waals surface area contributed by atoms with Crippen LogP contribution >= 0.6 is 27.3 Å². The summed E-state index contributed by atoms with van der Waals surface area (Å²) in [6.07, 6.45) is 0. The second kappa shape index (κ2) is 4.28. The van der Waals surface area contributed by atoms with Crippen LogP contribution in [-0.4, -0.2) is 12.1 Å². The lowest BCUT2D eigenvalue weighted by atomic mass is 10.2. The van der Waals surface area contributed by atoms with Crippen molar-refractivity contribution in [1.29, 1.82) is 0 Å². The Morgan fingerprint density at radius 2 is 2.27 bits per heavy atom. The minimum atomic E-state index is -0.373. The molecule has 0 unspecified atom stereocenters. The van der Waals surface area contributed by atoms with E-state index in [-0.39, 0.29) is 11.6 Å². The fourth-order valence-electron chi connectivity index (χ4n) is 1.21. The van der Waals surface area contributed by atoms with E-state index in [1.165, 1.54) is 18.4 Å². The predicted octanol–water partition coefficient (Wildman–Crippen LogP) is 3.72. The molecule has 0 fully saturated rings. The molecule has 0 saturated heterocycles. The molecule has 5 heteroatoms. The zero-order valence-corrected chi connectivity index (χ0v) is 10.2. The molecule has 2 nitrogen and oxygen atoms in total. The van der Waals surface area contributed by atoms with Crippen LogP contribution in [0.4, 0.5) is 4.39 Å². The van der Waals surface area contributed by atoms with Crippen LogP contribution < -0.4 is 4.74 Å².